The Morgan fingerprint density at radius 1 is 1.19 bits per heavy atom. The van der Waals surface area contributed by atoms with Crippen LogP contribution in [0.5, 0.6) is 5.75 Å². The summed E-state index contributed by atoms with van der Waals surface area (Å²) in [6.45, 7) is 0. The molecule has 0 saturated heterocycles. The van der Waals surface area contributed by atoms with Gasteiger partial charge in [-0.15, -0.1) is 0 Å². The molecule has 1 saturated carbocycles. The summed E-state index contributed by atoms with van der Waals surface area (Å²) in [7, 11) is 1.75. The molecule has 0 aliphatic heterocycles. The van der Waals surface area contributed by atoms with Crippen LogP contribution in [0.2, 0.25) is 0 Å². The molecule has 110 valence electrons. The molecule has 1 aromatic heterocycles. The van der Waals surface area contributed by atoms with E-state index >= 15 is 0 Å². The lowest BCUT2D eigenvalue weighted by molar-refractivity contribution is 0.211. The lowest BCUT2D eigenvalue weighted by Crippen LogP contribution is -2.15. The molecular weight excluding hydrogens is 264 g/mol. The number of nitrogens with two attached hydrogens (primary N) is 1. The fourth-order valence-corrected chi connectivity index (χ4v) is 2.81. The smallest absolute Gasteiger partial charge is 0.250 e. The van der Waals surface area contributed by atoms with Gasteiger partial charge in [-0.3, -0.25) is 4.79 Å². The molecule has 0 bridgehead atoms. The van der Waals surface area contributed by atoms with Gasteiger partial charge in [0.05, 0.1) is 6.10 Å². The summed E-state index contributed by atoms with van der Waals surface area (Å²) in [5.74, 6) is 0.842. The highest BCUT2D eigenvalue weighted by atomic mass is 16.5. The van der Waals surface area contributed by atoms with Crippen LogP contribution in [0.4, 0.5) is 5.69 Å². The largest absolute Gasteiger partial charge is 0.490 e. The summed E-state index contributed by atoms with van der Waals surface area (Å²) in [6, 6.07) is 9.07. The van der Waals surface area contributed by atoms with Gasteiger partial charge in [0.1, 0.15) is 5.75 Å². The molecule has 3 rings (SSSR count). The maximum atomic E-state index is 11.5. The first kappa shape index (κ1) is 13.7. The molecule has 0 radical (unpaired) electrons. The van der Waals surface area contributed by atoms with Gasteiger partial charge in [-0.2, -0.15) is 0 Å². The van der Waals surface area contributed by atoms with Crippen LogP contribution >= 0.6 is 0 Å². The number of anilines is 1. The SMILES string of the molecule is Cn1cc(-c2cc(N)ccc2OC2CCCC2)ccc1=O. The van der Waals surface area contributed by atoms with Crippen molar-refractivity contribution in [3.05, 3.63) is 46.9 Å². The Balaban J connectivity index is 2.00. The Morgan fingerprint density at radius 2 is 1.95 bits per heavy atom. The van der Waals surface area contributed by atoms with Crippen molar-refractivity contribution >= 4 is 5.69 Å². The normalized spacial score (nSPS) is 15.3. The van der Waals surface area contributed by atoms with Crippen LogP contribution in [-0.2, 0) is 7.05 Å². The van der Waals surface area contributed by atoms with E-state index in [0.29, 0.717) is 11.8 Å². The molecule has 1 aromatic carbocycles. The van der Waals surface area contributed by atoms with Gasteiger partial charge in [-0.1, -0.05) is 0 Å². The Bertz CT molecular complexity index is 700. The highest BCUT2D eigenvalue weighted by molar-refractivity contribution is 5.73. The maximum Gasteiger partial charge on any atom is 0.250 e. The van der Waals surface area contributed by atoms with Crippen molar-refractivity contribution < 1.29 is 4.74 Å². The minimum Gasteiger partial charge on any atom is -0.490 e. The van der Waals surface area contributed by atoms with Crippen LogP contribution in [0, 0.1) is 0 Å². The standard InChI is InChI=1S/C17H20N2O2/c1-19-11-12(6-9-17(19)20)15-10-13(18)7-8-16(15)21-14-4-2-3-5-14/h6-11,14H,2-5,18H2,1H3. The third-order valence-electron chi connectivity index (χ3n) is 4.00. The molecule has 1 aliphatic carbocycles. The van der Waals surface area contributed by atoms with Crippen LogP contribution in [0.25, 0.3) is 11.1 Å². The minimum absolute atomic E-state index is 0.0269. The number of ether oxygens (including phenoxy) is 1. The Morgan fingerprint density at radius 3 is 2.67 bits per heavy atom. The molecule has 1 aliphatic rings. The molecule has 2 N–H and O–H groups in total. The topological polar surface area (TPSA) is 57.2 Å². The molecule has 4 heteroatoms. The van der Waals surface area contributed by atoms with Gasteiger partial charge in [-0.05, 0) is 49.9 Å². The summed E-state index contributed by atoms with van der Waals surface area (Å²) in [4.78, 5) is 11.5. The summed E-state index contributed by atoms with van der Waals surface area (Å²) in [5, 5.41) is 0. The first-order valence-corrected chi connectivity index (χ1v) is 7.37. The number of nitrogens with zero attached hydrogens (tertiary/aromatic N) is 1. The summed E-state index contributed by atoms with van der Waals surface area (Å²) < 4.78 is 7.71. The van der Waals surface area contributed by atoms with Gasteiger partial charge in [0.2, 0.25) is 5.56 Å². The molecule has 0 unspecified atom stereocenters. The second-order valence-corrected chi connectivity index (χ2v) is 5.65. The molecule has 4 nitrogen and oxygen atoms in total. The molecule has 21 heavy (non-hydrogen) atoms. The molecular formula is C17H20N2O2. The van der Waals surface area contributed by atoms with Crippen molar-refractivity contribution in [3.8, 4) is 16.9 Å². The summed E-state index contributed by atoms with van der Waals surface area (Å²) in [6.07, 6.45) is 6.79. The van der Waals surface area contributed by atoms with E-state index in [2.05, 4.69) is 0 Å². The van der Waals surface area contributed by atoms with Gasteiger partial charge in [-0.25, -0.2) is 0 Å². The van der Waals surface area contributed by atoms with Crippen LogP contribution in [0.3, 0.4) is 0 Å². The van der Waals surface area contributed by atoms with E-state index in [-0.39, 0.29) is 5.56 Å². The van der Waals surface area contributed by atoms with E-state index in [9.17, 15) is 4.79 Å². The highest BCUT2D eigenvalue weighted by Gasteiger charge is 2.18. The van der Waals surface area contributed by atoms with Crippen molar-refractivity contribution in [3.63, 3.8) is 0 Å². The van der Waals surface area contributed by atoms with Gasteiger partial charge in [0, 0.05) is 36.1 Å². The van der Waals surface area contributed by atoms with Gasteiger partial charge in [0.25, 0.3) is 0 Å². The van der Waals surface area contributed by atoms with E-state index in [1.807, 2.05) is 30.5 Å². The molecule has 0 spiro atoms. The third-order valence-corrected chi connectivity index (χ3v) is 4.00. The van der Waals surface area contributed by atoms with Crippen molar-refractivity contribution in [1.82, 2.24) is 4.57 Å². The quantitative estimate of drug-likeness (QED) is 0.882. The number of pyridine rings is 1. The van der Waals surface area contributed by atoms with Crippen LogP contribution in [0.1, 0.15) is 25.7 Å². The molecule has 2 aromatic rings. The minimum atomic E-state index is -0.0269. The number of rotatable bonds is 3. The number of hydrogen-bond donors (Lipinski definition) is 1. The van der Waals surface area contributed by atoms with Crippen LogP contribution < -0.4 is 16.0 Å². The zero-order valence-corrected chi connectivity index (χ0v) is 12.2. The summed E-state index contributed by atoms with van der Waals surface area (Å²) in [5.41, 5.74) is 8.47. The molecule has 0 amide bonds. The Kier molecular flexibility index (Phi) is 3.69. The number of nitrogen functional groups attached to an aromatic ring is 1. The molecule has 1 fully saturated rings. The third kappa shape index (κ3) is 2.94. The van der Waals surface area contributed by atoms with Gasteiger partial charge >= 0.3 is 0 Å². The van der Waals surface area contributed by atoms with Gasteiger partial charge < -0.3 is 15.0 Å². The van der Waals surface area contributed by atoms with Crippen molar-refractivity contribution in [2.24, 2.45) is 7.05 Å². The van der Waals surface area contributed by atoms with E-state index in [1.54, 1.807) is 17.7 Å². The van der Waals surface area contributed by atoms with Gasteiger partial charge in [0.15, 0.2) is 0 Å². The van der Waals surface area contributed by atoms with Crippen molar-refractivity contribution in [2.45, 2.75) is 31.8 Å². The monoisotopic (exact) mass is 284 g/mol. The molecule has 1 heterocycles. The predicted octanol–water partition coefficient (Wildman–Crippen LogP) is 2.96. The summed E-state index contributed by atoms with van der Waals surface area (Å²) >= 11 is 0. The lowest BCUT2D eigenvalue weighted by Gasteiger charge is -2.17. The Labute approximate surface area is 124 Å². The number of aryl methyl sites for hydroxylation is 1. The van der Waals surface area contributed by atoms with E-state index in [0.717, 1.165) is 29.7 Å². The zero-order chi connectivity index (χ0) is 14.8. The van der Waals surface area contributed by atoms with Crippen LogP contribution in [0.15, 0.2) is 41.3 Å². The second kappa shape index (κ2) is 5.64. The highest BCUT2D eigenvalue weighted by Crippen LogP contribution is 2.34. The second-order valence-electron chi connectivity index (χ2n) is 5.65. The average Bonchev–Trinajstić information content (AvgIpc) is 2.97. The first-order valence-electron chi connectivity index (χ1n) is 7.37. The van der Waals surface area contributed by atoms with Crippen molar-refractivity contribution in [1.29, 1.82) is 0 Å². The van der Waals surface area contributed by atoms with E-state index < -0.39 is 0 Å². The predicted molar refractivity (Wildman–Crippen MR) is 84.4 cm³/mol. The Hall–Kier alpha value is -2.23. The molecule has 0 atom stereocenters. The zero-order valence-electron chi connectivity index (χ0n) is 12.2. The fraction of sp³-hybridized carbons (Fsp3) is 0.353. The number of benzene rings is 1. The van der Waals surface area contributed by atoms with Crippen molar-refractivity contribution in [2.75, 3.05) is 5.73 Å². The number of aromatic nitrogens is 1. The fourth-order valence-electron chi connectivity index (χ4n) is 2.81. The van der Waals surface area contributed by atoms with E-state index in [1.165, 1.54) is 12.8 Å². The number of hydrogen-bond acceptors (Lipinski definition) is 3. The average molecular weight is 284 g/mol. The van der Waals surface area contributed by atoms with E-state index in [4.69, 9.17) is 10.5 Å². The lowest BCUT2D eigenvalue weighted by atomic mass is 10.1. The first-order chi connectivity index (χ1) is 10.1. The van der Waals surface area contributed by atoms with Crippen LogP contribution in [-0.4, -0.2) is 10.7 Å². The maximum absolute atomic E-state index is 11.5.